The minimum absolute atomic E-state index is 0.0152. The number of fused-ring (bicyclic) bond motifs is 2. The van der Waals surface area contributed by atoms with Gasteiger partial charge in [0, 0.05) is 12.0 Å². The molecular weight excluding hydrogens is 456 g/mol. The van der Waals surface area contributed by atoms with Gasteiger partial charge in [0.2, 0.25) is 11.8 Å². The second kappa shape index (κ2) is 9.23. The van der Waals surface area contributed by atoms with Crippen LogP contribution in [0.4, 0.5) is 14.5 Å². The second-order valence-electron chi connectivity index (χ2n) is 7.80. The number of hydrogen-bond acceptors (Lipinski definition) is 5. The number of benzene rings is 3. The normalized spacial score (nSPS) is 11.9. The molecule has 1 aromatic heterocycles. The molecule has 4 aromatic rings. The summed E-state index contributed by atoms with van der Waals surface area (Å²) in [5, 5.41) is 3.17. The molecule has 2 heterocycles. The molecule has 1 aliphatic heterocycles. The third-order valence-corrected chi connectivity index (χ3v) is 6.40. The molecule has 8 heteroatoms. The van der Waals surface area contributed by atoms with Crippen LogP contribution >= 0.6 is 11.8 Å². The van der Waals surface area contributed by atoms with Gasteiger partial charge in [-0.15, -0.1) is 0 Å². The van der Waals surface area contributed by atoms with E-state index in [1.165, 1.54) is 36.0 Å². The molecule has 170 valence electrons. The average Bonchev–Trinajstić information content (AvgIpc) is 2.84. The SMILES string of the molecule is Cc1cccc2c1Oc1nc(-c3ccc(F)cc3)nc(SCC(=O)Nc3ccccc3F)c1C2. The van der Waals surface area contributed by atoms with E-state index in [1.807, 2.05) is 25.1 Å². The number of aromatic nitrogens is 2. The standard InChI is InChI=1S/C26H19F2N3O2S/c1-15-5-4-6-17-13-19-25(33-23(15)17)30-24(16-9-11-18(27)12-10-16)31-26(19)34-14-22(32)29-21-8-3-2-7-20(21)28/h2-12H,13-14H2,1H3,(H,29,32). The van der Waals surface area contributed by atoms with Gasteiger partial charge in [0.05, 0.1) is 17.0 Å². The molecule has 0 saturated heterocycles. The van der Waals surface area contributed by atoms with Crippen molar-refractivity contribution in [2.24, 2.45) is 0 Å². The fourth-order valence-corrected chi connectivity index (χ4v) is 4.52. The number of para-hydroxylation sites is 2. The number of hydrogen-bond donors (Lipinski definition) is 1. The molecule has 5 rings (SSSR count). The number of halogens is 2. The smallest absolute Gasteiger partial charge is 0.234 e. The highest BCUT2D eigenvalue weighted by molar-refractivity contribution is 8.00. The quantitative estimate of drug-likeness (QED) is 0.244. The summed E-state index contributed by atoms with van der Waals surface area (Å²) >= 11 is 1.22. The van der Waals surface area contributed by atoms with Gasteiger partial charge in [0.15, 0.2) is 5.82 Å². The van der Waals surface area contributed by atoms with Crippen molar-refractivity contribution in [1.82, 2.24) is 9.97 Å². The van der Waals surface area contributed by atoms with Crippen LogP contribution in [-0.4, -0.2) is 21.6 Å². The number of ether oxygens (including phenoxy) is 1. The van der Waals surface area contributed by atoms with Gasteiger partial charge in [-0.05, 0) is 54.4 Å². The highest BCUT2D eigenvalue weighted by Crippen LogP contribution is 2.41. The summed E-state index contributed by atoms with van der Waals surface area (Å²) in [5.41, 5.74) is 3.51. The third-order valence-electron chi connectivity index (χ3n) is 5.38. The number of anilines is 1. The van der Waals surface area contributed by atoms with Gasteiger partial charge in [0.25, 0.3) is 0 Å². The molecule has 0 spiro atoms. The third kappa shape index (κ3) is 4.49. The molecule has 0 unspecified atom stereocenters. The van der Waals surface area contributed by atoms with Crippen molar-refractivity contribution in [3.05, 3.63) is 95.1 Å². The van der Waals surface area contributed by atoms with Crippen molar-refractivity contribution in [1.29, 1.82) is 0 Å². The number of amides is 1. The maximum atomic E-state index is 13.9. The monoisotopic (exact) mass is 475 g/mol. The van der Waals surface area contributed by atoms with Crippen molar-refractivity contribution < 1.29 is 18.3 Å². The van der Waals surface area contributed by atoms with E-state index in [0.29, 0.717) is 28.7 Å². The lowest BCUT2D eigenvalue weighted by Crippen LogP contribution is -2.16. The van der Waals surface area contributed by atoms with Gasteiger partial charge >= 0.3 is 0 Å². The maximum Gasteiger partial charge on any atom is 0.234 e. The van der Waals surface area contributed by atoms with Gasteiger partial charge in [-0.2, -0.15) is 4.98 Å². The van der Waals surface area contributed by atoms with Crippen LogP contribution < -0.4 is 10.1 Å². The molecule has 1 amide bonds. The number of carbonyl (C=O) groups excluding carboxylic acids is 1. The van der Waals surface area contributed by atoms with Crippen molar-refractivity contribution >= 4 is 23.4 Å². The van der Waals surface area contributed by atoms with E-state index in [9.17, 15) is 13.6 Å². The summed E-state index contributed by atoms with van der Waals surface area (Å²) in [6.07, 6.45) is 0.549. The molecule has 1 aliphatic rings. The summed E-state index contributed by atoms with van der Waals surface area (Å²) < 4.78 is 33.5. The van der Waals surface area contributed by atoms with E-state index in [1.54, 1.807) is 24.3 Å². The largest absolute Gasteiger partial charge is 0.438 e. The summed E-state index contributed by atoms with van der Waals surface area (Å²) in [4.78, 5) is 21.8. The zero-order valence-electron chi connectivity index (χ0n) is 18.1. The number of thioether (sulfide) groups is 1. The van der Waals surface area contributed by atoms with E-state index in [-0.39, 0.29) is 23.2 Å². The minimum Gasteiger partial charge on any atom is -0.438 e. The second-order valence-corrected chi connectivity index (χ2v) is 8.77. The number of aryl methyl sites for hydroxylation is 1. The Bertz CT molecular complexity index is 1390. The lowest BCUT2D eigenvalue weighted by Gasteiger charge is -2.23. The van der Waals surface area contributed by atoms with Crippen molar-refractivity contribution in [3.63, 3.8) is 0 Å². The molecule has 1 N–H and O–H groups in total. The zero-order chi connectivity index (χ0) is 23.7. The first-order valence-electron chi connectivity index (χ1n) is 10.6. The highest BCUT2D eigenvalue weighted by Gasteiger charge is 2.25. The van der Waals surface area contributed by atoms with Crippen LogP contribution in [0, 0.1) is 18.6 Å². The first kappa shape index (κ1) is 22.0. The Morgan fingerprint density at radius 1 is 1.03 bits per heavy atom. The van der Waals surface area contributed by atoms with Crippen molar-refractivity contribution in [2.75, 3.05) is 11.1 Å². The Morgan fingerprint density at radius 3 is 2.62 bits per heavy atom. The Balaban J connectivity index is 1.47. The van der Waals surface area contributed by atoms with Gasteiger partial charge in [-0.25, -0.2) is 13.8 Å². The molecular formula is C26H19F2N3O2S. The van der Waals surface area contributed by atoms with Gasteiger partial charge in [-0.3, -0.25) is 4.79 Å². The first-order valence-corrected chi connectivity index (χ1v) is 11.6. The van der Waals surface area contributed by atoms with E-state index < -0.39 is 5.82 Å². The molecule has 0 bridgehead atoms. The predicted molar refractivity (Wildman–Crippen MR) is 127 cm³/mol. The Kier molecular flexibility index (Phi) is 5.98. The molecule has 0 atom stereocenters. The van der Waals surface area contributed by atoms with Crippen molar-refractivity contribution in [3.8, 4) is 23.0 Å². The fraction of sp³-hybridized carbons (Fsp3) is 0.115. The van der Waals surface area contributed by atoms with E-state index in [2.05, 4.69) is 15.3 Å². The Morgan fingerprint density at radius 2 is 1.82 bits per heavy atom. The van der Waals surface area contributed by atoms with Gasteiger partial charge < -0.3 is 10.1 Å². The zero-order valence-corrected chi connectivity index (χ0v) is 19.0. The van der Waals surface area contributed by atoms with E-state index in [4.69, 9.17) is 4.74 Å². The van der Waals surface area contributed by atoms with E-state index in [0.717, 1.165) is 22.4 Å². The van der Waals surface area contributed by atoms with Crippen LogP contribution in [-0.2, 0) is 11.2 Å². The topological polar surface area (TPSA) is 64.1 Å². The van der Waals surface area contributed by atoms with Crippen LogP contribution in [0.15, 0.2) is 71.8 Å². The Labute approximate surface area is 199 Å². The molecule has 34 heavy (non-hydrogen) atoms. The minimum atomic E-state index is -0.501. The van der Waals surface area contributed by atoms with Gasteiger partial charge in [-0.1, -0.05) is 42.1 Å². The lowest BCUT2D eigenvalue weighted by atomic mass is 10.0. The summed E-state index contributed by atoms with van der Waals surface area (Å²) in [6, 6.07) is 17.8. The number of nitrogens with zero attached hydrogens (tertiary/aromatic N) is 2. The van der Waals surface area contributed by atoms with Crippen LogP contribution in [0.25, 0.3) is 11.4 Å². The Hall–Kier alpha value is -3.78. The molecule has 5 nitrogen and oxygen atoms in total. The maximum absolute atomic E-state index is 13.9. The molecule has 0 saturated carbocycles. The molecule has 0 aliphatic carbocycles. The summed E-state index contributed by atoms with van der Waals surface area (Å²) in [5.74, 6) is 0.328. The molecule has 0 radical (unpaired) electrons. The fourth-order valence-electron chi connectivity index (χ4n) is 3.70. The predicted octanol–water partition coefficient (Wildman–Crippen LogP) is 6.16. The summed E-state index contributed by atoms with van der Waals surface area (Å²) in [7, 11) is 0. The number of nitrogens with one attached hydrogen (secondary N) is 1. The highest BCUT2D eigenvalue weighted by atomic mass is 32.2. The molecule has 0 fully saturated rings. The van der Waals surface area contributed by atoms with Crippen LogP contribution in [0.3, 0.4) is 0 Å². The molecule has 3 aromatic carbocycles. The lowest BCUT2D eigenvalue weighted by molar-refractivity contribution is -0.113. The van der Waals surface area contributed by atoms with Crippen LogP contribution in [0.5, 0.6) is 11.6 Å². The first-order chi connectivity index (χ1) is 16.5. The van der Waals surface area contributed by atoms with Gasteiger partial charge in [0.1, 0.15) is 22.4 Å². The average molecular weight is 476 g/mol. The summed E-state index contributed by atoms with van der Waals surface area (Å²) in [6.45, 7) is 1.97. The van der Waals surface area contributed by atoms with E-state index >= 15 is 0 Å². The number of carbonyl (C=O) groups is 1. The van der Waals surface area contributed by atoms with Crippen molar-refractivity contribution in [2.45, 2.75) is 18.4 Å². The number of rotatable bonds is 5. The van der Waals surface area contributed by atoms with Crippen LogP contribution in [0.1, 0.15) is 16.7 Å². The van der Waals surface area contributed by atoms with Crippen LogP contribution in [0.2, 0.25) is 0 Å².